The molecule has 0 aromatic heterocycles. The van der Waals surface area contributed by atoms with E-state index in [4.69, 9.17) is 4.74 Å². The van der Waals surface area contributed by atoms with Crippen LogP contribution in [0.3, 0.4) is 0 Å². The second kappa shape index (κ2) is 7.35. The largest absolute Gasteiger partial charge is 0.459 e. The summed E-state index contributed by atoms with van der Waals surface area (Å²) >= 11 is 1.44. The Morgan fingerprint density at radius 3 is 2.64 bits per heavy atom. The highest BCUT2D eigenvalue weighted by Gasteiger charge is 2.26. The van der Waals surface area contributed by atoms with Crippen molar-refractivity contribution in [3.05, 3.63) is 64.2 Å². The quantitative estimate of drug-likeness (QED) is 0.464. The van der Waals surface area contributed by atoms with E-state index in [0.29, 0.717) is 11.3 Å². The van der Waals surface area contributed by atoms with E-state index in [1.807, 2.05) is 18.2 Å². The van der Waals surface area contributed by atoms with Gasteiger partial charge in [0.1, 0.15) is 13.2 Å². The van der Waals surface area contributed by atoms with E-state index < -0.39 is 10.9 Å². The van der Waals surface area contributed by atoms with Crippen LogP contribution >= 0.6 is 11.8 Å². The van der Waals surface area contributed by atoms with Crippen LogP contribution in [0.5, 0.6) is 0 Å². The highest BCUT2D eigenvalue weighted by Crippen LogP contribution is 2.34. The molecule has 1 heterocycles. The SMILES string of the molecule is O=C(CN1C(=O)CSc2ccccc21)OCc1ccc([N+](=O)[O-])cc1. The normalized spacial score (nSPS) is 13.3. The predicted octanol–water partition coefficient (Wildman–Crippen LogP) is 2.78. The molecule has 0 N–H and O–H groups in total. The lowest BCUT2D eigenvalue weighted by molar-refractivity contribution is -0.384. The number of fused-ring (bicyclic) bond motifs is 1. The van der Waals surface area contributed by atoms with Gasteiger partial charge in [-0.15, -0.1) is 11.8 Å². The van der Waals surface area contributed by atoms with Crippen molar-refractivity contribution in [1.29, 1.82) is 0 Å². The summed E-state index contributed by atoms with van der Waals surface area (Å²) in [6, 6.07) is 13.2. The number of para-hydroxylation sites is 1. The van der Waals surface area contributed by atoms with Crippen LogP contribution in [-0.2, 0) is 20.9 Å². The first kappa shape index (κ1) is 17.0. The van der Waals surface area contributed by atoms with E-state index in [2.05, 4.69) is 0 Å². The highest BCUT2D eigenvalue weighted by atomic mass is 32.2. The van der Waals surface area contributed by atoms with Gasteiger partial charge >= 0.3 is 5.97 Å². The van der Waals surface area contributed by atoms with Gasteiger partial charge in [-0.1, -0.05) is 12.1 Å². The predicted molar refractivity (Wildman–Crippen MR) is 92.4 cm³/mol. The smallest absolute Gasteiger partial charge is 0.326 e. The third kappa shape index (κ3) is 3.97. The van der Waals surface area contributed by atoms with Crippen molar-refractivity contribution in [3.8, 4) is 0 Å². The molecule has 0 spiro atoms. The number of non-ortho nitro benzene ring substituents is 1. The fourth-order valence-corrected chi connectivity index (χ4v) is 3.32. The Morgan fingerprint density at radius 2 is 1.92 bits per heavy atom. The molecule has 3 rings (SSSR count). The number of rotatable bonds is 5. The molecule has 0 aliphatic carbocycles. The molecule has 2 aromatic carbocycles. The number of benzene rings is 2. The molecular weight excluding hydrogens is 344 g/mol. The Kier molecular flexibility index (Phi) is 4.99. The number of thioether (sulfide) groups is 1. The molecule has 0 atom stereocenters. The summed E-state index contributed by atoms with van der Waals surface area (Å²) in [5.74, 6) is -0.392. The first-order valence-corrected chi connectivity index (χ1v) is 8.44. The number of nitro benzene ring substituents is 1. The van der Waals surface area contributed by atoms with Crippen molar-refractivity contribution in [1.82, 2.24) is 0 Å². The maximum absolute atomic E-state index is 12.1. The molecule has 128 valence electrons. The number of hydrogen-bond acceptors (Lipinski definition) is 6. The zero-order chi connectivity index (χ0) is 17.8. The summed E-state index contributed by atoms with van der Waals surface area (Å²) < 4.78 is 5.19. The van der Waals surface area contributed by atoms with Crippen LogP contribution in [0.15, 0.2) is 53.4 Å². The van der Waals surface area contributed by atoms with Crippen LogP contribution in [0.4, 0.5) is 11.4 Å². The van der Waals surface area contributed by atoms with Crippen molar-refractivity contribution in [3.63, 3.8) is 0 Å². The average molecular weight is 358 g/mol. The molecular formula is C17H14N2O5S. The van der Waals surface area contributed by atoms with Crippen molar-refractivity contribution in [2.75, 3.05) is 17.2 Å². The van der Waals surface area contributed by atoms with Gasteiger partial charge in [0.05, 0.1) is 16.4 Å². The maximum atomic E-state index is 12.1. The van der Waals surface area contributed by atoms with E-state index >= 15 is 0 Å². The Balaban J connectivity index is 1.61. The summed E-state index contributed by atoms with van der Waals surface area (Å²) in [7, 11) is 0. The van der Waals surface area contributed by atoms with E-state index in [1.165, 1.54) is 40.9 Å². The van der Waals surface area contributed by atoms with Crippen LogP contribution in [-0.4, -0.2) is 29.1 Å². The standard InChI is InChI=1S/C17H14N2O5S/c20-16-11-25-15-4-2-1-3-14(15)18(16)9-17(21)24-10-12-5-7-13(8-6-12)19(22)23/h1-8H,9-11H2. The number of amides is 1. The third-order valence-electron chi connectivity index (χ3n) is 3.64. The van der Waals surface area contributed by atoms with Gasteiger partial charge in [0.15, 0.2) is 0 Å². The zero-order valence-corrected chi connectivity index (χ0v) is 13.9. The van der Waals surface area contributed by atoms with E-state index in [-0.39, 0.29) is 30.5 Å². The van der Waals surface area contributed by atoms with E-state index in [0.717, 1.165) is 4.90 Å². The number of carbonyl (C=O) groups is 2. The first-order chi connectivity index (χ1) is 12.0. The maximum Gasteiger partial charge on any atom is 0.326 e. The van der Waals surface area contributed by atoms with Crippen LogP contribution in [0.1, 0.15) is 5.56 Å². The molecule has 0 bridgehead atoms. The van der Waals surface area contributed by atoms with Gasteiger partial charge in [0, 0.05) is 17.0 Å². The lowest BCUT2D eigenvalue weighted by Gasteiger charge is -2.27. The van der Waals surface area contributed by atoms with Crippen LogP contribution in [0, 0.1) is 10.1 Å². The van der Waals surface area contributed by atoms with Gasteiger partial charge in [0.2, 0.25) is 5.91 Å². The molecule has 25 heavy (non-hydrogen) atoms. The topological polar surface area (TPSA) is 89.8 Å². The van der Waals surface area contributed by atoms with Gasteiger partial charge in [-0.3, -0.25) is 24.6 Å². The lowest BCUT2D eigenvalue weighted by Crippen LogP contribution is -2.39. The molecule has 0 saturated carbocycles. The second-order valence-corrected chi connectivity index (χ2v) is 6.34. The third-order valence-corrected chi connectivity index (χ3v) is 4.69. The van der Waals surface area contributed by atoms with Gasteiger partial charge in [0.25, 0.3) is 5.69 Å². The molecule has 7 nitrogen and oxygen atoms in total. The zero-order valence-electron chi connectivity index (χ0n) is 13.1. The van der Waals surface area contributed by atoms with Crippen LogP contribution < -0.4 is 4.90 Å². The van der Waals surface area contributed by atoms with Crippen molar-refractivity contribution in [2.24, 2.45) is 0 Å². The fraction of sp³-hybridized carbons (Fsp3) is 0.176. The summed E-state index contributed by atoms with van der Waals surface area (Å²) in [5.41, 5.74) is 1.32. The molecule has 1 aliphatic rings. The molecule has 1 aliphatic heterocycles. The number of esters is 1. The van der Waals surface area contributed by atoms with Crippen LogP contribution in [0.25, 0.3) is 0 Å². The Morgan fingerprint density at radius 1 is 1.20 bits per heavy atom. The number of anilines is 1. The summed E-state index contributed by atoms with van der Waals surface area (Å²) in [6.07, 6.45) is 0. The van der Waals surface area contributed by atoms with Gasteiger partial charge in [-0.2, -0.15) is 0 Å². The number of nitro groups is 1. The number of ether oxygens (including phenoxy) is 1. The van der Waals surface area contributed by atoms with Gasteiger partial charge in [-0.05, 0) is 29.8 Å². The number of carbonyl (C=O) groups excluding carboxylic acids is 2. The van der Waals surface area contributed by atoms with Crippen LogP contribution in [0.2, 0.25) is 0 Å². The molecule has 1 amide bonds. The molecule has 0 saturated heterocycles. The second-order valence-electron chi connectivity index (χ2n) is 5.32. The minimum atomic E-state index is -0.534. The molecule has 0 unspecified atom stereocenters. The monoisotopic (exact) mass is 358 g/mol. The van der Waals surface area contributed by atoms with Crippen molar-refractivity contribution in [2.45, 2.75) is 11.5 Å². The fourth-order valence-electron chi connectivity index (χ4n) is 2.38. The number of nitrogens with zero attached hydrogens (tertiary/aromatic N) is 2. The minimum Gasteiger partial charge on any atom is -0.459 e. The highest BCUT2D eigenvalue weighted by molar-refractivity contribution is 8.00. The Bertz CT molecular complexity index is 822. The van der Waals surface area contributed by atoms with Crippen molar-refractivity contribution < 1.29 is 19.2 Å². The Hall–Kier alpha value is -2.87. The minimum absolute atomic E-state index is 0.00471. The summed E-state index contributed by atoms with van der Waals surface area (Å²) in [5, 5.41) is 10.6. The molecule has 0 fully saturated rings. The number of hydrogen-bond donors (Lipinski definition) is 0. The molecule has 8 heteroatoms. The Labute approximate surface area is 147 Å². The van der Waals surface area contributed by atoms with E-state index in [1.54, 1.807) is 6.07 Å². The lowest BCUT2D eigenvalue weighted by atomic mass is 10.2. The summed E-state index contributed by atoms with van der Waals surface area (Å²) in [6.45, 7) is -0.168. The first-order valence-electron chi connectivity index (χ1n) is 7.46. The average Bonchev–Trinajstić information content (AvgIpc) is 2.63. The van der Waals surface area contributed by atoms with Gasteiger partial charge < -0.3 is 4.74 Å². The van der Waals surface area contributed by atoms with Gasteiger partial charge in [-0.25, -0.2) is 0 Å². The molecule has 2 aromatic rings. The molecule has 0 radical (unpaired) electrons. The summed E-state index contributed by atoms with van der Waals surface area (Å²) in [4.78, 5) is 36.7. The van der Waals surface area contributed by atoms with Crippen molar-refractivity contribution >= 4 is 35.0 Å². The van der Waals surface area contributed by atoms with E-state index in [9.17, 15) is 19.7 Å².